The Labute approximate surface area is 77.1 Å². The number of carbonyl (C=O) groups excluding carboxylic acids is 2. The monoisotopic (exact) mass is 185 g/mol. The molecule has 0 spiro atoms. The van der Waals surface area contributed by atoms with E-state index in [1.807, 2.05) is 0 Å². The molecule has 1 saturated heterocycles. The molecule has 0 aromatic rings. The van der Waals surface area contributed by atoms with E-state index in [4.69, 9.17) is 5.73 Å². The molecule has 2 amide bonds. The van der Waals surface area contributed by atoms with Crippen LogP contribution in [0.5, 0.6) is 0 Å². The van der Waals surface area contributed by atoms with E-state index in [1.165, 1.54) is 0 Å². The van der Waals surface area contributed by atoms with Crippen molar-refractivity contribution >= 4 is 11.8 Å². The summed E-state index contributed by atoms with van der Waals surface area (Å²) in [6, 6.07) is -0.739. The molecule has 5 heteroatoms. The van der Waals surface area contributed by atoms with Gasteiger partial charge in [-0.15, -0.1) is 0 Å². The standard InChI is InChI=1S/C8H15N3O2/c1-5(7(9)12)11-8(13)6-3-2-4-10-6/h5-6,10H,2-4H2,1H3,(H2,9,12)(H,11,13)/t5-,6+/m0/s1. The average molecular weight is 185 g/mol. The minimum atomic E-state index is -0.588. The van der Waals surface area contributed by atoms with Crippen LogP contribution < -0.4 is 16.4 Å². The molecule has 5 nitrogen and oxygen atoms in total. The van der Waals surface area contributed by atoms with Gasteiger partial charge in [-0.1, -0.05) is 0 Å². The predicted molar refractivity (Wildman–Crippen MR) is 47.8 cm³/mol. The van der Waals surface area contributed by atoms with Gasteiger partial charge in [0.1, 0.15) is 6.04 Å². The van der Waals surface area contributed by atoms with E-state index in [0.29, 0.717) is 0 Å². The zero-order valence-electron chi connectivity index (χ0n) is 7.67. The van der Waals surface area contributed by atoms with Crippen molar-refractivity contribution in [2.45, 2.75) is 31.8 Å². The number of carbonyl (C=O) groups is 2. The first-order chi connectivity index (χ1) is 6.11. The number of hydrogen-bond donors (Lipinski definition) is 3. The third kappa shape index (κ3) is 2.69. The highest BCUT2D eigenvalue weighted by Gasteiger charge is 2.23. The first kappa shape index (κ1) is 9.98. The molecular weight excluding hydrogens is 170 g/mol. The molecule has 0 radical (unpaired) electrons. The lowest BCUT2D eigenvalue weighted by Gasteiger charge is -2.14. The molecular formula is C8H15N3O2. The number of primary amides is 1. The maximum atomic E-state index is 11.4. The maximum absolute atomic E-state index is 11.4. The Morgan fingerprint density at radius 2 is 2.31 bits per heavy atom. The molecule has 13 heavy (non-hydrogen) atoms. The third-order valence-electron chi connectivity index (χ3n) is 2.16. The highest BCUT2D eigenvalue weighted by atomic mass is 16.2. The molecule has 0 aromatic heterocycles. The van der Waals surface area contributed by atoms with Crippen LogP contribution in [-0.2, 0) is 9.59 Å². The normalized spacial score (nSPS) is 23.9. The van der Waals surface area contributed by atoms with Crippen LogP contribution in [0.1, 0.15) is 19.8 Å². The van der Waals surface area contributed by atoms with Crippen LogP contribution in [0, 0.1) is 0 Å². The van der Waals surface area contributed by atoms with Gasteiger partial charge >= 0.3 is 0 Å². The lowest BCUT2D eigenvalue weighted by atomic mass is 10.2. The van der Waals surface area contributed by atoms with Crippen LogP contribution in [0.25, 0.3) is 0 Å². The fourth-order valence-corrected chi connectivity index (χ4v) is 1.29. The van der Waals surface area contributed by atoms with Gasteiger partial charge in [0.05, 0.1) is 6.04 Å². The first-order valence-electron chi connectivity index (χ1n) is 4.44. The topological polar surface area (TPSA) is 84.2 Å². The van der Waals surface area contributed by atoms with E-state index in [-0.39, 0.29) is 11.9 Å². The van der Waals surface area contributed by atoms with Crippen molar-refractivity contribution in [1.29, 1.82) is 0 Å². The zero-order chi connectivity index (χ0) is 9.84. The largest absolute Gasteiger partial charge is 0.368 e. The summed E-state index contributed by atoms with van der Waals surface area (Å²) in [5.74, 6) is -0.643. The smallest absolute Gasteiger partial charge is 0.239 e. The van der Waals surface area contributed by atoms with Gasteiger partial charge in [0.25, 0.3) is 0 Å². The summed E-state index contributed by atoms with van der Waals surface area (Å²) in [6.45, 7) is 2.44. The summed E-state index contributed by atoms with van der Waals surface area (Å²) < 4.78 is 0. The fraction of sp³-hybridized carbons (Fsp3) is 0.750. The number of nitrogens with two attached hydrogens (primary N) is 1. The van der Waals surface area contributed by atoms with Crippen LogP contribution in [0.4, 0.5) is 0 Å². The Balaban J connectivity index is 2.35. The average Bonchev–Trinajstić information content (AvgIpc) is 2.55. The van der Waals surface area contributed by atoms with Gasteiger partial charge in [0.2, 0.25) is 11.8 Å². The van der Waals surface area contributed by atoms with Crippen molar-refractivity contribution in [2.24, 2.45) is 5.73 Å². The Morgan fingerprint density at radius 1 is 1.62 bits per heavy atom. The van der Waals surface area contributed by atoms with Crippen LogP contribution in [0.3, 0.4) is 0 Å². The molecule has 1 heterocycles. The molecule has 1 aliphatic rings. The van der Waals surface area contributed by atoms with E-state index >= 15 is 0 Å². The number of amides is 2. The van der Waals surface area contributed by atoms with Crippen molar-refractivity contribution in [3.8, 4) is 0 Å². The van der Waals surface area contributed by atoms with Crippen molar-refractivity contribution in [1.82, 2.24) is 10.6 Å². The lowest BCUT2D eigenvalue weighted by molar-refractivity contribution is -0.128. The predicted octanol–water partition coefficient (Wildman–Crippen LogP) is -1.27. The number of hydrogen-bond acceptors (Lipinski definition) is 3. The molecule has 1 aliphatic heterocycles. The lowest BCUT2D eigenvalue weighted by Crippen LogP contribution is -2.48. The van der Waals surface area contributed by atoms with Crippen LogP contribution in [0.2, 0.25) is 0 Å². The van der Waals surface area contributed by atoms with Crippen molar-refractivity contribution < 1.29 is 9.59 Å². The fourth-order valence-electron chi connectivity index (χ4n) is 1.29. The molecule has 0 aliphatic carbocycles. The van der Waals surface area contributed by atoms with E-state index in [0.717, 1.165) is 19.4 Å². The summed E-state index contributed by atoms with van der Waals surface area (Å²) in [4.78, 5) is 22.0. The van der Waals surface area contributed by atoms with Gasteiger partial charge < -0.3 is 16.4 Å². The minimum absolute atomic E-state index is 0.135. The Bertz CT molecular complexity index is 211. The second kappa shape index (κ2) is 4.23. The summed E-state index contributed by atoms with van der Waals surface area (Å²) in [5.41, 5.74) is 5.01. The van der Waals surface area contributed by atoms with E-state index in [1.54, 1.807) is 6.92 Å². The molecule has 2 atom stereocenters. The Morgan fingerprint density at radius 3 is 2.77 bits per heavy atom. The summed E-state index contributed by atoms with van der Waals surface area (Å²) in [7, 11) is 0. The Kier molecular flexibility index (Phi) is 3.25. The van der Waals surface area contributed by atoms with Gasteiger partial charge in [-0.25, -0.2) is 0 Å². The van der Waals surface area contributed by atoms with E-state index in [2.05, 4.69) is 10.6 Å². The maximum Gasteiger partial charge on any atom is 0.239 e. The van der Waals surface area contributed by atoms with Gasteiger partial charge in [-0.05, 0) is 26.3 Å². The minimum Gasteiger partial charge on any atom is -0.368 e. The molecule has 1 fully saturated rings. The van der Waals surface area contributed by atoms with E-state index < -0.39 is 11.9 Å². The summed E-state index contributed by atoms with van der Waals surface area (Å²) >= 11 is 0. The number of nitrogens with one attached hydrogen (secondary N) is 2. The molecule has 0 aromatic carbocycles. The molecule has 74 valence electrons. The molecule has 0 unspecified atom stereocenters. The highest BCUT2D eigenvalue weighted by molar-refractivity contribution is 5.88. The van der Waals surface area contributed by atoms with Crippen LogP contribution in [-0.4, -0.2) is 30.4 Å². The van der Waals surface area contributed by atoms with Crippen molar-refractivity contribution in [3.63, 3.8) is 0 Å². The molecule has 1 rings (SSSR count). The quantitative estimate of drug-likeness (QED) is 0.512. The summed E-state index contributed by atoms with van der Waals surface area (Å²) in [6.07, 6.45) is 1.83. The Hall–Kier alpha value is -1.10. The van der Waals surface area contributed by atoms with Crippen LogP contribution in [0.15, 0.2) is 0 Å². The second-order valence-electron chi connectivity index (χ2n) is 3.28. The van der Waals surface area contributed by atoms with Gasteiger partial charge in [-0.3, -0.25) is 9.59 Å². The molecule has 4 N–H and O–H groups in total. The van der Waals surface area contributed by atoms with E-state index in [9.17, 15) is 9.59 Å². The first-order valence-corrected chi connectivity index (χ1v) is 4.44. The van der Waals surface area contributed by atoms with Crippen LogP contribution >= 0.6 is 0 Å². The van der Waals surface area contributed by atoms with Crippen molar-refractivity contribution in [3.05, 3.63) is 0 Å². The van der Waals surface area contributed by atoms with Gasteiger partial charge in [0, 0.05) is 0 Å². The molecule has 0 saturated carbocycles. The number of rotatable bonds is 3. The highest BCUT2D eigenvalue weighted by Crippen LogP contribution is 2.04. The van der Waals surface area contributed by atoms with Gasteiger partial charge in [0.15, 0.2) is 0 Å². The second-order valence-corrected chi connectivity index (χ2v) is 3.28. The van der Waals surface area contributed by atoms with Crippen molar-refractivity contribution in [2.75, 3.05) is 6.54 Å². The summed E-state index contributed by atoms with van der Waals surface area (Å²) in [5, 5.41) is 5.58. The third-order valence-corrected chi connectivity index (χ3v) is 2.16. The molecule has 0 bridgehead atoms. The SMILES string of the molecule is C[C@H](NC(=O)[C@H]1CCCN1)C(N)=O. The van der Waals surface area contributed by atoms with Gasteiger partial charge in [-0.2, -0.15) is 0 Å². The zero-order valence-corrected chi connectivity index (χ0v) is 7.67.